The molecule has 9 heteroatoms. The van der Waals surface area contributed by atoms with Crippen LogP contribution in [-0.2, 0) is 12.7 Å². The molecule has 2 aromatic rings. The molecule has 0 saturated heterocycles. The van der Waals surface area contributed by atoms with Gasteiger partial charge >= 0.3 is 6.18 Å². The van der Waals surface area contributed by atoms with E-state index in [1.54, 1.807) is 13.1 Å². The molecule has 0 spiro atoms. The Hall–Kier alpha value is -1.83. The Labute approximate surface area is 111 Å². The molecule has 0 saturated carbocycles. The average Bonchev–Trinajstić information content (AvgIpc) is 2.70. The predicted molar refractivity (Wildman–Crippen MR) is 62.7 cm³/mol. The molecular weight excluding hydrogens is 283 g/mol. The van der Waals surface area contributed by atoms with E-state index in [9.17, 15) is 13.2 Å². The molecule has 0 aliphatic carbocycles. The van der Waals surface area contributed by atoms with E-state index in [0.717, 1.165) is 11.3 Å². The van der Waals surface area contributed by atoms with Crippen molar-refractivity contribution in [2.24, 2.45) is 0 Å². The van der Waals surface area contributed by atoms with Gasteiger partial charge in [-0.25, -0.2) is 9.97 Å². The van der Waals surface area contributed by atoms with E-state index in [4.69, 9.17) is 11.6 Å². The third-order valence-electron chi connectivity index (χ3n) is 2.34. The van der Waals surface area contributed by atoms with Crippen molar-refractivity contribution in [2.45, 2.75) is 19.6 Å². The van der Waals surface area contributed by atoms with Crippen LogP contribution in [0.3, 0.4) is 0 Å². The Morgan fingerprint density at radius 3 is 2.68 bits per heavy atom. The van der Waals surface area contributed by atoms with E-state index in [1.807, 2.05) is 0 Å². The fraction of sp³-hybridized carbons (Fsp3) is 0.300. The van der Waals surface area contributed by atoms with Gasteiger partial charge in [0, 0.05) is 23.9 Å². The van der Waals surface area contributed by atoms with E-state index in [0.29, 0.717) is 0 Å². The summed E-state index contributed by atoms with van der Waals surface area (Å²) < 4.78 is 37.5. The van der Waals surface area contributed by atoms with Gasteiger partial charge in [-0.3, -0.25) is 5.10 Å². The first-order chi connectivity index (χ1) is 8.86. The summed E-state index contributed by atoms with van der Waals surface area (Å²) in [6.45, 7) is 2.09. The second-order valence-electron chi connectivity index (χ2n) is 3.77. The highest BCUT2D eigenvalue weighted by atomic mass is 35.5. The largest absolute Gasteiger partial charge is 0.451 e. The quantitative estimate of drug-likeness (QED) is 0.853. The van der Waals surface area contributed by atoms with Gasteiger partial charge in [0.15, 0.2) is 0 Å². The first-order valence-electron chi connectivity index (χ1n) is 5.21. The monoisotopic (exact) mass is 291 g/mol. The lowest BCUT2D eigenvalue weighted by molar-refractivity contribution is -0.144. The Morgan fingerprint density at radius 2 is 2.11 bits per heavy atom. The molecule has 0 aliphatic heterocycles. The normalized spacial score (nSPS) is 11.6. The minimum Gasteiger partial charge on any atom is -0.366 e. The van der Waals surface area contributed by atoms with Gasteiger partial charge in [-0.1, -0.05) is 11.6 Å². The van der Waals surface area contributed by atoms with Crippen LogP contribution in [0.1, 0.15) is 17.1 Å². The number of alkyl halides is 3. The zero-order valence-electron chi connectivity index (χ0n) is 9.72. The highest BCUT2D eigenvalue weighted by Gasteiger charge is 2.35. The fourth-order valence-electron chi connectivity index (χ4n) is 1.37. The molecule has 0 unspecified atom stereocenters. The summed E-state index contributed by atoms with van der Waals surface area (Å²) in [5.41, 5.74) is 1.65. The number of hydrogen-bond donors (Lipinski definition) is 2. The number of nitrogens with zero attached hydrogens (tertiary/aromatic N) is 3. The maximum atomic E-state index is 12.5. The van der Waals surface area contributed by atoms with Gasteiger partial charge in [-0.05, 0) is 6.92 Å². The van der Waals surface area contributed by atoms with Crippen molar-refractivity contribution in [1.29, 1.82) is 0 Å². The molecule has 5 nitrogen and oxygen atoms in total. The van der Waals surface area contributed by atoms with E-state index in [-0.39, 0.29) is 17.5 Å². The van der Waals surface area contributed by atoms with Crippen molar-refractivity contribution in [2.75, 3.05) is 5.32 Å². The molecule has 0 radical (unpaired) electrons. The maximum absolute atomic E-state index is 12.5. The maximum Gasteiger partial charge on any atom is 0.451 e. The molecule has 0 amide bonds. The molecular formula is C10H9ClF3N5. The van der Waals surface area contributed by atoms with Crippen molar-refractivity contribution in [1.82, 2.24) is 20.2 Å². The second-order valence-corrected chi connectivity index (χ2v) is 4.16. The van der Waals surface area contributed by atoms with Gasteiger partial charge < -0.3 is 5.32 Å². The highest BCUT2D eigenvalue weighted by Crippen LogP contribution is 2.28. The summed E-state index contributed by atoms with van der Waals surface area (Å²) in [5, 5.41) is 9.00. The third-order valence-corrected chi connectivity index (χ3v) is 2.54. The molecule has 19 heavy (non-hydrogen) atoms. The molecule has 0 aromatic carbocycles. The third kappa shape index (κ3) is 3.34. The van der Waals surface area contributed by atoms with Gasteiger partial charge in [0.2, 0.25) is 5.82 Å². The number of H-pyrrole nitrogens is 1. The van der Waals surface area contributed by atoms with Gasteiger partial charge in [0.05, 0.1) is 6.20 Å². The minimum atomic E-state index is -4.63. The molecule has 102 valence electrons. The van der Waals surface area contributed by atoms with E-state index in [1.165, 1.54) is 6.07 Å². The smallest absolute Gasteiger partial charge is 0.366 e. The summed E-state index contributed by atoms with van der Waals surface area (Å²) in [7, 11) is 0. The number of hydrogen-bond acceptors (Lipinski definition) is 4. The zero-order valence-corrected chi connectivity index (χ0v) is 10.5. The lowest BCUT2D eigenvalue weighted by Crippen LogP contribution is -2.13. The summed E-state index contributed by atoms with van der Waals surface area (Å²) in [6.07, 6.45) is -3.05. The van der Waals surface area contributed by atoms with Crippen molar-refractivity contribution in [3.8, 4) is 0 Å². The summed E-state index contributed by atoms with van der Waals surface area (Å²) in [5.74, 6) is -1.26. The molecule has 2 N–H and O–H groups in total. The van der Waals surface area contributed by atoms with E-state index >= 15 is 0 Å². The molecule has 2 heterocycles. The minimum absolute atomic E-state index is 0.00734. The first-order valence-corrected chi connectivity index (χ1v) is 5.58. The van der Waals surface area contributed by atoms with Crippen LogP contribution in [0.5, 0.6) is 0 Å². The fourth-order valence-corrected chi connectivity index (χ4v) is 1.56. The molecule has 2 rings (SSSR count). The Kier molecular flexibility index (Phi) is 3.61. The number of aromatic amines is 1. The molecule has 0 fully saturated rings. The summed E-state index contributed by atoms with van der Waals surface area (Å²) in [6, 6.07) is 1.23. The lowest BCUT2D eigenvalue weighted by Gasteiger charge is -2.09. The number of halogens is 4. The van der Waals surface area contributed by atoms with Gasteiger partial charge in [0.25, 0.3) is 0 Å². The Bertz CT molecular complexity index is 581. The Morgan fingerprint density at radius 1 is 1.37 bits per heavy atom. The number of aryl methyl sites for hydroxylation is 1. The van der Waals surface area contributed by atoms with Crippen molar-refractivity contribution >= 4 is 17.4 Å². The van der Waals surface area contributed by atoms with Gasteiger partial charge in [-0.15, -0.1) is 0 Å². The summed E-state index contributed by atoms with van der Waals surface area (Å²) >= 11 is 5.54. The van der Waals surface area contributed by atoms with Crippen LogP contribution in [0.15, 0.2) is 12.3 Å². The topological polar surface area (TPSA) is 66.5 Å². The highest BCUT2D eigenvalue weighted by molar-refractivity contribution is 6.29. The van der Waals surface area contributed by atoms with Crippen molar-refractivity contribution < 1.29 is 13.2 Å². The van der Waals surface area contributed by atoms with Crippen LogP contribution in [0, 0.1) is 6.92 Å². The van der Waals surface area contributed by atoms with Crippen LogP contribution in [0.4, 0.5) is 19.0 Å². The van der Waals surface area contributed by atoms with Crippen LogP contribution in [0.2, 0.25) is 5.15 Å². The van der Waals surface area contributed by atoms with Crippen molar-refractivity contribution in [3.05, 3.63) is 34.5 Å². The SMILES string of the molecule is Cc1[nH]ncc1CNc1cc(Cl)nc(C(F)(F)F)n1. The zero-order chi connectivity index (χ0) is 14.0. The summed E-state index contributed by atoms with van der Waals surface area (Å²) in [4.78, 5) is 6.51. The number of rotatable bonds is 3. The van der Waals surface area contributed by atoms with Crippen LogP contribution in [-0.4, -0.2) is 20.2 Å². The van der Waals surface area contributed by atoms with Gasteiger partial charge in [0.1, 0.15) is 11.0 Å². The first kappa shape index (κ1) is 13.6. The molecule has 0 aliphatic rings. The van der Waals surface area contributed by atoms with Gasteiger partial charge in [-0.2, -0.15) is 18.3 Å². The second kappa shape index (κ2) is 5.04. The van der Waals surface area contributed by atoms with Crippen LogP contribution < -0.4 is 5.32 Å². The van der Waals surface area contributed by atoms with E-state index in [2.05, 4.69) is 25.5 Å². The molecule has 0 atom stereocenters. The number of aromatic nitrogens is 4. The van der Waals surface area contributed by atoms with Crippen LogP contribution >= 0.6 is 11.6 Å². The average molecular weight is 292 g/mol. The number of nitrogens with one attached hydrogen (secondary N) is 2. The standard InChI is InChI=1S/C10H9ClF3N5/c1-5-6(4-16-19-5)3-15-8-2-7(11)17-9(18-8)10(12,13)14/h2,4H,3H2,1H3,(H,16,19)(H,15,17,18). The van der Waals surface area contributed by atoms with Crippen molar-refractivity contribution in [3.63, 3.8) is 0 Å². The predicted octanol–water partition coefficient (Wildman–Crippen LogP) is 2.79. The lowest BCUT2D eigenvalue weighted by atomic mass is 10.2. The molecule has 2 aromatic heterocycles. The van der Waals surface area contributed by atoms with Crippen LogP contribution in [0.25, 0.3) is 0 Å². The molecule has 0 bridgehead atoms. The van der Waals surface area contributed by atoms with E-state index < -0.39 is 12.0 Å². The number of anilines is 1. The Balaban J connectivity index is 2.17.